The van der Waals surface area contributed by atoms with Gasteiger partial charge in [-0.25, -0.2) is 0 Å². The molecule has 5 aliphatic rings. The Bertz CT molecular complexity index is 3820. The molecule has 5 saturated carbocycles. The number of rotatable bonds is 15. The topological polar surface area (TPSA) is 220 Å². The quantitative estimate of drug-likeness (QED) is 0.129. The van der Waals surface area contributed by atoms with Crippen LogP contribution >= 0.6 is 0 Å². The SMILES string of the molecule is CC(C)(C)C(=O)C1CCCCC1.CC(C)(C)C(=O)c1ccccc1.CC(C)(C)OC1CCC(C(=O)C(C)(C)C)CC1.CC(C)(C)OC1CCC(C(=O)C(C)(C)C)CC1.CC(C)(C)OC1CCC(C(=O)C(C)(C)C)CC1.CC(C)(C)OC1CCC(C(=O)C(C)(C)C)CC1.CC(C)(C)Oc1ccc(C(=O)C(C)(C)C)cc1.COC(C)(C)C.COC(C)(C)C.COc1cc(C(=O)C(C)(C)C)ccc1OC(C)(C)C. The third-order valence-corrected chi connectivity index (χ3v) is 23.6. The molecule has 5 fully saturated rings. The molecular formula is C123H216O17. The molecule has 17 nitrogen and oxygen atoms in total. The monoisotopic (exact) mass is 1970 g/mol. The minimum Gasteiger partial charge on any atom is -0.493 e. The van der Waals surface area contributed by atoms with Crippen molar-refractivity contribution in [2.45, 2.75) is 536 Å². The van der Waals surface area contributed by atoms with Gasteiger partial charge >= 0.3 is 0 Å². The van der Waals surface area contributed by atoms with Crippen molar-refractivity contribution in [2.75, 3.05) is 21.3 Å². The van der Waals surface area contributed by atoms with Crippen LogP contribution in [0.3, 0.4) is 0 Å². The highest BCUT2D eigenvalue weighted by Gasteiger charge is 2.40. The first kappa shape index (κ1) is 136. The van der Waals surface area contributed by atoms with Gasteiger partial charge in [0.15, 0.2) is 28.8 Å². The van der Waals surface area contributed by atoms with Gasteiger partial charge < -0.3 is 42.6 Å². The Labute approximate surface area is 859 Å². The third kappa shape index (κ3) is 62.2. The molecule has 810 valence electrons. The third-order valence-electron chi connectivity index (χ3n) is 23.6. The summed E-state index contributed by atoms with van der Waals surface area (Å²) in [5, 5.41) is 0. The fourth-order valence-corrected chi connectivity index (χ4v) is 16.3. The first-order chi connectivity index (χ1) is 62.7. The average molecular weight is 1970 g/mol. The van der Waals surface area contributed by atoms with Crippen molar-refractivity contribution >= 4 is 46.3 Å². The molecule has 5 aliphatic carbocycles. The van der Waals surface area contributed by atoms with Gasteiger partial charge in [-0.05, 0) is 324 Å². The first-order valence-electron chi connectivity index (χ1n) is 53.1. The Morgan fingerprint density at radius 3 is 0.629 bits per heavy atom. The van der Waals surface area contributed by atoms with E-state index in [9.17, 15) is 38.4 Å². The zero-order valence-corrected chi connectivity index (χ0v) is 99.9. The minimum atomic E-state index is -0.405. The molecule has 140 heavy (non-hydrogen) atoms. The van der Waals surface area contributed by atoms with Crippen LogP contribution in [0.5, 0.6) is 17.2 Å². The minimum absolute atomic E-state index is 0.0417. The molecule has 0 saturated heterocycles. The average Bonchev–Trinajstić information content (AvgIpc) is 0.807. The number of Topliss-reactive ketones (excluding diaryl/α,β-unsaturated/α-hetero) is 8. The van der Waals surface area contributed by atoms with Gasteiger partial charge in [-0.2, -0.15) is 0 Å². The molecule has 0 radical (unpaired) electrons. The summed E-state index contributed by atoms with van der Waals surface area (Å²) in [4.78, 5) is 96.4. The Morgan fingerprint density at radius 2 is 0.429 bits per heavy atom. The van der Waals surface area contributed by atoms with Crippen molar-refractivity contribution in [3.63, 3.8) is 0 Å². The number of benzene rings is 3. The zero-order valence-electron chi connectivity index (χ0n) is 99.9. The van der Waals surface area contributed by atoms with Crippen molar-refractivity contribution in [1.29, 1.82) is 0 Å². The lowest BCUT2D eigenvalue weighted by atomic mass is 9.75. The van der Waals surface area contributed by atoms with Crippen LogP contribution in [0, 0.1) is 72.9 Å². The highest BCUT2D eigenvalue weighted by atomic mass is 16.5. The van der Waals surface area contributed by atoms with E-state index < -0.39 is 5.41 Å². The number of hydrogen-bond donors (Lipinski definition) is 0. The molecule has 0 unspecified atom stereocenters. The van der Waals surface area contributed by atoms with E-state index in [-0.39, 0.29) is 124 Å². The zero-order chi connectivity index (χ0) is 110. The van der Waals surface area contributed by atoms with Gasteiger partial charge in [0.1, 0.15) is 45.9 Å². The van der Waals surface area contributed by atoms with Crippen LogP contribution in [0.1, 0.15) is 498 Å². The second-order valence-corrected chi connectivity index (χ2v) is 55.8. The number of hydrogen-bond acceptors (Lipinski definition) is 17. The first-order valence-corrected chi connectivity index (χ1v) is 53.1. The van der Waals surface area contributed by atoms with Crippen LogP contribution < -0.4 is 14.2 Å². The molecule has 8 rings (SSSR count). The van der Waals surface area contributed by atoms with Crippen LogP contribution in [0.4, 0.5) is 0 Å². The molecule has 3 aromatic rings. The summed E-state index contributed by atoms with van der Waals surface area (Å²) < 4.78 is 50.6. The van der Waals surface area contributed by atoms with Crippen molar-refractivity contribution in [3.8, 4) is 17.2 Å². The number of ketones is 8. The molecule has 0 spiro atoms. The molecule has 0 aromatic heterocycles. The van der Waals surface area contributed by atoms with Gasteiger partial charge in [0.2, 0.25) is 0 Å². The lowest BCUT2D eigenvalue weighted by Crippen LogP contribution is -2.35. The van der Waals surface area contributed by atoms with Gasteiger partial charge in [0.05, 0.1) is 65.1 Å². The van der Waals surface area contributed by atoms with E-state index in [1.165, 1.54) is 19.3 Å². The normalized spacial score (nSPS) is 20.0. The maximum absolute atomic E-state index is 12.2. The Balaban J connectivity index is 0. The van der Waals surface area contributed by atoms with Crippen LogP contribution in [0.15, 0.2) is 72.8 Å². The van der Waals surface area contributed by atoms with Gasteiger partial charge in [-0.15, -0.1) is 0 Å². The summed E-state index contributed by atoms with van der Waals surface area (Å²) >= 11 is 0. The van der Waals surface area contributed by atoms with Crippen LogP contribution in [0.25, 0.3) is 0 Å². The van der Waals surface area contributed by atoms with Crippen molar-refractivity contribution < 1.29 is 81.0 Å². The van der Waals surface area contributed by atoms with Crippen molar-refractivity contribution in [2.24, 2.45) is 72.9 Å². The number of carbonyl (C=O) groups is 8. The van der Waals surface area contributed by atoms with E-state index in [4.69, 9.17) is 42.6 Å². The van der Waals surface area contributed by atoms with Gasteiger partial charge in [-0.1, -0.05) is 216 Å². The number of ether oxygens (including phenoxy) is 9. The maximum Gasteiger partial charge on any atom is 0.168 e. The maximum atomic E-state index is 12.2. The van der Waals surface area contributed by atoms with Crippen LogP contribution in [0.2, 0.25) is 0 Å². The van der Waals surface area contributed by atoms with Gasteiger partial charge in [-0.3, -0.25) is 38.4 Å². The second-order valence-electron chi connectivity index (χ2n) is 55.8. The highest BCUT2D eigenvalue weighted by molar-refractivity contribution is 6.01. The Morgan fingerprint density at radius 1 is 0.214 bits per heavy atom. The fourth-order valence-electron chi connectivity index (χ4n) is 16.3. The predicted octanol–water partition coefficient (Wildman–Crippen LogP) is 33.1. The number of methoxy groups -OCH3 is 3. The summed E-state index contributed by atoms with van der Waals surface area (Å²) in [7, 11) is 5.00. The number of carbonyl (C=O) groups excluding carboxylic acids is 8. The van der Waals surface area contributed by atoms with Crippen molar-refractivity contribution in [3.05, 3.63) is 89.5 Å². The van der Waals surface area contributed by atoms with E-state index in [0.29, 0.717) is 76.3 Å². The van der Waals surface area contributed by atoms with E-state index >= 15 is 0 Å². The summed E-state index contributed by atoms with van der Waals surface area (Å²) in [5.74, 6) is 6.05. The fraction of sp³-hybridized carbons (Fsp3) is 0.789. The standard InChI is InChI=1S/C16H24O3.4C15H28O2.C15H22O2.C11H20O.C11H14O.2C5H12O/c1-15(2,3)14(17)11-8-9-12(13(10-11)18-7)19-16(4,5)6;5*1-14(2,3)13(16)11-7-9-12(10-8-11)17-15(4,5)6;2*1-11(2,3)10(12)9-7-5-4-6-8-9;2*1-5(2,3)6-4/h8-10H,1-7H3;4*11-12H,7-10H2,1-6H3;7-10H,1-6H3;9H,4-8H2,1-3H3;4-8H,1-3H3;2*1-4H3. The summed E-state index contributed by atoms with van der Waals surface area (Å²) in [5.41, 5.74) is -0.427. The van der Waals surface area contributed by atoms with E-state index in [1.54, 1.807) is 39.5 Å². The van der Waals surface area contributed by atoms with Gasteiger partial charge in [0, 0.05) is 104 Å². The summed E-state index contributed by atoms with van der Waals surface area (Å²) in [6.07, 6.45) is 23.7. The second kappa shape index (κ2) is 57.5. The Hall–Kier alpha value is -5.82. The molecule has 17 heteroatoms. The largest absolute Gasteiger partial charge is 0.493 e. The van der Waals surface area contributed by atoms with Crippen molar-refractivity contribution in [1.82, 2.24) is 0 Å². The molecule has 0 amide bonds. The molecular weight excluding hydrogens is 1750 g/mol. The molecule has 0 N–H and O–H groups in total. The smallest absolute Gasteiger partial charge is 0.168 e. The Kier molecular flexibility index (Phi) is 55.9. The molecule has 0 heterocycles. The molecule has 3 aromatic carbocycles. The summed E-state index contributed by atoms with van der Waals surface area (Å²) in [6.45, 7) is 96.8. The van der Waals surface area contributed by atoms with Crippen LogP contribution in [-0.2, 0) is 52.4 Å². The van der Waals surface area contributed by atoms with Gasteiger partial charge in [0.25, 0.3) is 0 Å². The highest BCUT2D eigenvalue weighted by Crippen LogP contribution is 2.41. The lowest BCUT2D eigenvalue weighted by Gasteiger charge is -2.34. The lowest BCUT2D eigenvalue weighted by molar-refractivity contribution is -0.134. The molecule has 0 aliphatic heterocycles. The van der Waals surface area contributed by atoms with E-state index in [0.717, 1.165) is 132 Å². The van der Waals surface area contributed by atoms with E-state index in [2.05, 4.69) is 83.1 Å². The summed E-state index contributed by atoms with van der Waals surface area (Å²) in [6, 6.07) is 22.1. The van der Waals surface area contributed by atoms with Crippen LogP contribution in [-0.4, -0.2) is 137 Å². The van der Waals surface area contributed by atoms with E-state index in [1.807, 2.05) is 304 Å². The predicted molar refractivity (Wildman–Crippen MR) is 587 cm³/mol. The molecule has 0 bridgehead atoms. The molecule has 0 atom stereocenters.